The number of anilines is 1. The number of carbonyl (C=O) groups is 1. The van der Waals surface area contributed by atoms with E-state index in [-0.39, 0.29) is 15.8 Å². The monoisotopic (exact) mass is 471 g/mol. The Morgan fingerprint density at radius 3 is 2.15 bits per heavy atom. The molecule has 0 spiro atoms. The molecule has 0 fully saturated rings. The van der Waals surface area contributed by atoms with Crippen LogP contribution in [0.4, 0.5) is 5.69 Å². The van der Waals surface area contributed by atoms with Gasteiger partial charge < -0.3 is 14.8 Å². The number of aromatic nitrogens is 2. The van der Waals surface area contributed by atoms with Gasteiger partial charge in [-0.15, -0.1) is 0 Å². The van der Waals surface area contributed by atoms with Gasteiger partial charge in [0.1, 0.15) is 18.0 Å². The average Bonchev–Trinajstić information content (AvgIpc) is 2.80. The average molecular weight is 472 g/mol. The second-order valence-electron chi connectivity index (χ2n) is 7.54. The molecule has 3 aromatic rings. The molecule has 33 heavy (non-hydrogen) atoms. The third-order valence-electron chi connectivity index (χ3n) is 4.90. The van der Waals surface area contributed by atoms with Gasteiger partial charge in [-0.05, 0) is 29.7 Å². The molecule has 2 aromatic carbocycles. The quantitative estimate of drug-likeness (QED) is 0.537. The smallest absolute Gasteiger partial charge is 0.267 e. The minimum atomic E-state index is -3.97. The van der Waals surface area contributed by atoms with E-state index >= 15 is 0 Å². The molecule has 1 aromatic heterocycles. The summed E-state index contributed by atoms with van der Waals surface area (Å²) in [5.74, 6) is 0.619. The largest absolute Gasteiger partial charge is 0.497 e. The lowest BCUT2D eigenvalue weighted by atomic mass is 10.0. The van der Waals surface area contributed by atoms with Crippen LogP contribution in [0.25, 0.3) is 0 Å². The molecule has 174 valence electrons. The van der Waals surface area contributed by atoms with Crippen molar-refractivity contribution in [3.05, 3.63) is 70.5 Å². The van der Waals surface area contributed by atoms with E-state index in [9.17, 15) is 18.0 Å². The molecule has 0 saturated heterocycles. The van der Waals surface area contributed by atoms with Crippen LogP contribution in [0.1, 0.15) is 25.3 Å². The summed E-state index contributed by atoms with van der Waals surface area (Å²) in [7, 11) is -1.01. The Bertz CT molecular complexity index is 1290. The number of hydrogen-bond donors (Lipinski definition) is 1. The lowest BCUT2D eigenvalue weighted by Gasteiger charge is -2.11. The minimum absolute atomic E-state index is 0.0533. The highest BCUT2D eigenvalue weighted by Crippen LogP contribution is 2.26. The summed E-state index contributed by atoms with van der Waals surface area (Å²) < 4.78 is 37.1. The molecule has 0 aliphatic carbocycles. The Morgan fingerprint density at radius 1 is 1.00 bits per heavy atom. The third kappa shape index (κ3) is 5.58. The zero-order chi connectivity index (χ0) is 24.2. The maximum absolute atomic E-state index is 13.0. The van der Waals surface area contributed by atoms with Crippen LogP contribution in [0.15, 0.2) is 69.3 Å². The van der Waals surface area contributed by atoms with E-state index in [1.165, 1.54) is 26.4 Å². The number of carbonyl (C=O) groups excluding carboxylic acids is 1. The standard InChI is InChI=1S/C23H25N3O6S/c1-15(2)16-5-7-20(8-6-16)33(29,30)22-9-10-23(28)26(25-22)14-21(27)24-17-11-18(31-3)13-19(12-17)32-4/h5-13,15H,14H2,1-4H3,(H,24,27). The normalized spacial score (nSPS) is 11.3. The Kier molecular flexibility index (Phi) is 7.17. The number of nitrogens with zero attached hydrogens (tertiary/aromatic N) is 2. The number of nitrogens with one attached hydrogen (secondary N) is 1. The van der Waals surface area contributed by atoms with E-state index in [1.807, 2.05) is 13.8 Å². The van der Waals surface area contributed by atoms with E-state index in [0.29, 0.717) is 17.2 Å². The van der Waals surface area contributed by atoms with Crippen molar-refractivity contribution in [3.63, 3.8) is 0 Å². The molecule has 1 N–H and O–H groups in total. The van der Waals surface area contributed by atoms with E-state index in [1.54, 1.807) is 30.3 Å². The SMILES string of the molecule is COc1cc(NC(=O)Cn2nc(S(=O)(=O)c3ccc(C(C)C)cc3)ccc2=O)cc(OC)c1. The first-order valence-electron chi connectivity index (χ1n) is 10.1. The molecule has 9 nitrogen and oxygen atoms in total. The van der Waals surface area contributed by atoms with Crippen molar-refractivity contribution in [3.8, 4) is 11.5 Å². The zero-order valence-electron chi connectivity index (χ0n) is 18.7. The summed E-state index contributed by atoms with van der Waals surface area (Å²) in [5.41, 5.74) is 0.776. The maximum Gasteiger partial charge on any atom is 0.267 e. The van der Waals surface area contributed by atoms with Gasteiger partial charge in [-0.2, -0.15) is 5.10 Å². The van der Waals surface area contributed by atoms with Crippen LogP contribution in [0.3, 0.4) is 0 Å². The van der Waals surface area contributed by atoms with Crippen molar-refractivity contribution in [1.82, 2.24) is 9.78 Å². The van der Waals surface area contributed by atoms with Crippen LogP contribution >= 0.6 is 0 Å². The predicted octanol–water partition coefficient (Wildman–Crippen LogP) is 2.86. The first-order valence-corrected chi connectivity index (χ1v) is 11.6. The summed E-state index contributed by atoms with van der Waals surface area (Å²) >= 11 is 0. The summed E-state index contributed by atoms with van der Waals surface area (Å²) in [6.07, 6.45) is 0. The molecule has 0 aliphatic heterocycles. The van der Waals surface area contributed by atoms with Crippen LogP contribution in [-0.4, -0.2) is 38.3 Å². The first kappa shape index (κ1) is 24.0. The topological polar surface area (TPSA) is 117 Å². The molecular weight excluding hydrogens is 446 g/mol. The number of methoxy groups -OCH3 is 2. The summed E-state index contributed by atoms with van der Waals surface area (Å²) in [6.45, 7) is 3.54. The van der Waals surface area contributed by atoms with Crippen LogP contribution in [-0.2, 0) is 21.2 Å². The second-order valence-corrected chi connectivity index (χ2v) is 9.44. The van der Waals surface area contributed by atoms with Crippen molar-refractivity contribution >= 4 is 21.4 Å². The number of sulfone groups is 1. The number of hydrogen-bond acceptors (Lipinski definition) is 7. The maximum atomic E-state index is 13.0. The van der Waals surface area contributed by atoms with Gasteiger partial charge in [-0.3, -0.25) is 9.59 Å². The lowest BCUT2D eigenvalue weighted by Crippen LogP contribution is -2.30. The summed E-state index contributed by atoms with van der Waals surface area (Å²) in [6, 6.07) is 13.5. The fraction of sp³-hybridized carbons (Fsp3) is 0.261. The highest BCUT2D eigenvalue weighted by molar-refractivity contribution is 7.91. The number of rotatable bonds is 8. The van der Waals surface area contributed by atoms with Gasteiger partial charge in [-0.1, -0.05) is 26.0 Å². The minimum Gasteiger partial charge on any atom is -0.497 e. The Morgan fingerprint density at radius 2 is 1.61 bits per heavy atom. The molecule has 0 saturated carbocycles. The van der Waals surface area contributed by atoms with Crippen LogP contribution in [0.5, 0.6) is 11.5 Å². The van der Waals surface area contributed by atoms with Gasteiger partial charge in [0.15, 0.2) is 5.03 Å². The van der Waals surface area contributed by atoms with Crippen molar-refractivity contribution in [2.75, 3.05) is 19.5 Å². The Labute approximate surface area is 191 Å². The highest BCUT2D eigenvalue weighted by atomic mass is 32.2. The van der Waals surface area contributed by atoms with E-state index in [2.05, 4.69) is 10.4 Å². The Hall–Kier alpha value is -3.66. The van der Waals surface area contributed by atoms with Crippen molar-refractivity contribution in [2.24, 2.45) is 0 Å². The number of benzene rings is 2. The fourth-order valence-corrected chi connectivity index (χ4v) is 4.24. The summed E-state index contributed by atoms with van der Waals surface area (Å²) in [4.78, 5) is 24.8. The molecule has 0 radical (unpaired) electrons. The van der Waals surface area contributed by atoms with E-state index < -0.39 is 27.8 Å². The van der Waals surface area contributed by atoms with Gasteiger partial charge >= 0.3 is 0 Å². The molecule has 0 bridgehead atoms. The molecule has 0 unspecified atom stereocenters. The second kappa shape index (κ2) is 9.86. The summed E-state index contributed by atoms with van der Waals surface area (Å²) in [5, 5.41) is 6.23. The van der Waals surface area contributed by atoms with Crippen molar-refractivity contribution < 1.29 is 22.7 Å². The van der Waals surface area contributed by atoms with Gasteiger partial charge in [0.2, 0.25) is 15.7 Å². The molecule has 1 heterocycles. The number of amides is 1. The van der Waals surface area contributed by atoms with Crippen molar-refractivity contribution in [2.45, 2.75) is 36.2 Å². The van der Waals surface area contributed by atoms with Crippen LogP contribution in [0.2, 0.25) is 0 Å². The van der Waals surface area contributed by atoms with E-state index in [0.717, 1.165) is 22.4 Å². The predicted molar refractivity (Wildman–Crippen MR) is 123 cm³/mol. The fourth-order valence-electron chi connectivity index (χ4n) is 3.06. The van der Waals surface area contributed by atoms with Gasteiger partial charge in [0, 0.05) is 30.0 Å². The van der Waals surface area contributed by atoms with Gasteiger partial charge in [-0.25, -0.2) is 13.1 Å². The van der Waals surface area contributed by atoms with Crippen LogP contribution in [0, 0.1) is 0 Å². The molecule has 3 rings (SSSR count). The molecule has 0 atom stereocenters. The van der Waals surface area contributed by atoms with Crippen LogP contribution < -0.4 is 20.3 Å². The van der Waals surface area contributed by atoms with E-state index in [4.69, 9.17) is 9.47 Å². The molecule has 1 amide bonds. The molecule has 0 aliphatic rings. The Balaban J connectivity index is 1.84. The molecular formula is C23H25N3O6S. The zero-order valence-corrected chi connectivity index (χ0v) is 19.5. The first-order chi connectivity index (χ1) is 15.6. The molecule has 10 heteroatoms. The van der Waals surface area contributed by atoms with Gasteiger partial charge in [0.25, 0.3) is 5.56 Å². The highest BCUT2D eigenvalue weighted by Gasteiger charge is 2.21. The number of ether oxygens (including phenoxy) is 2. The van der Waals surface area contributed by atoms with Crippen molar-refractivity contribution in [1.29, 1.82) is 0 Å². The third-order valence-corrected chi connectivity index (χ3v) is 6.56. The van der Waals surface area contributed by atoms with Gasteiger partial charge in [0.05, 0.1) is 19.1 Å². The lowest BCUT2D eigenvalue weighted by molar-refractivity contribution is -0.117.